The molecule has 23 heavy (non-hydrogen) atoms. The van der Waals surface area contributed by atoms with E-state index in [4.69, 9.17) is 9.15 Å². The van der Waals surface area contributed by atoms with Crippen molar-refractivity contribution in [2.24, 2.45) is 5.92 Å². The van der Waals surface area contributed by atoms with Gasteiger partial charge in [-0.05, 0) is 37.1 Å². The van der Waals surface area contributed by atoms with Gasteiger partial charge in [-0.2, -0.15) is 0 Å². The average Bonchev–Trinajstić information content (AvgIpc) is 3.08. The number of aliphatic hydroxyl groups excluding tert-OH is 1. The van der Waals surface area contributed by atoms with Crippen LogP contribution in [0.2, 0.25) is 0 Å². The van der Waals surface area contributed by atoms with E-state index in [0.717, 1.165) is 11.3 Å². The summed E-state index contributed by atoms with van der Waals surface area (Å²) in [4.78, 5) is 12.4. The number of furan rings is 1. The van der Waals surface area contributed by atoms with Crippen molar-refractivity contribution >= 4 is 5.91 Å². The Balaban J connectivity index is 1.53. The van der Waals surface area contributed by atoms with Gasteiger partial charge in [0.15, 0.2) is 0 Å². The van der Waals surface area contributed by atoms with E-state index in [1.165, 1.54) is 6.26 Å². The molecular weight excluding hydrogens is 294 g/mol. The van der Waals surface area contributed by atoms with Crippen molar-refractivity contribution in [1.82, 2.24) is 5.32 Å². The monoisotopic (exact) mass is 315 g/mol. The first-order valence-electron chi connectivity index (χ1n) is 7.86. The maximum absolute atomic E-state index is 12.4. The summed E-state index contributed by atoms with van der Waals surface area (Å²) in [6.07, 6.45) is 1.89. The van der Waals surface area contributed by atoms with Crippen molar-refractivity contribution in [3.8, 4) is 5.75 Å². The van der Waals surface area contributed by atoms with Crippen LogP contribution in [0.4, 0.5) is 0 Å². The lowest BCUT2D eigenvalue weighted by molar-refractivity contribution is -0.127. The summed E-state index contributed by atoms with van der Waals surface area (Å²) in [5.41, 5.74) is 1.06. The van der Waals surface area contributed by atoms with E-state index in [1.54, 1.807) is 12.1 Å². The van der Waals surface area contributed by atoms with Gasteiger partial charge in [0.1, 0.15) is 24.2 Å². The van der Waals surface area contributed by atoms with Gasteiger partial charge in [-0.25, -0.2) is 0 Å². The van der Waals surface area contributed by atoms with Crippen molar-refractivity contribution < 1.29 is 19.1 Å². The first-order valence-corrected chi connectivity index (χ1v) is 7.86. The molecule has 3 rings (SSSR count). The van der Waals surface area contributed by atoms with E-state index in [1.807, 2.05) is 31.2 Å². The largest absolute Gasteiger partial charge is 0.492 e. The first kappa shape index (κ1) is 15.6. The lowest BCUT2D eigenvalue weighted by atomic mass is 9.95. The fourth-order valence-corrected chi connectivity index (χ4v) is 2.85. The van der Waals surface area contributed by atoms with Gasteiger partial charge in [0, 0.05) is 12.5 Å². The van der Waals surface area contributed by atoms with Crippen molar-refractivity contribution in [2.45, 2.75) is 31.9 Å². The molecule has 3 unspecified atom stereocenters. The van der Waals surface area contributed by atoms with Gasteiger partial charge in [-0.15, -0.1) is 0 Å². The zero-order chi connectivity index (χ0) is 16.2. The maximum atomic E-state index is 12.4. The fourth-order valence-electron chi connectivity index (χ4n) is 2.85. The second-order valence-electron chi connectivity index (χ2n) is 6.00. The highest BCUT2D eigenvalue weighted by atomic mass is 16.5. The van der Waals surface area contributed by atoms with Gasteiger partial charge >= 0.3 is 0 Å². The van der Waals surface area contributed by atoms with Crippen molar-refractivity contribution in [1.29, 1.82) is 0 Å². The predicted octanol–water partition coefficient (Wildman–Crippen LogP) is 2.46. The van der Waals surface area contributed by atoms with Crippen molar-refractivity contribution in [2.75, 3.05) is 6.61 Å². The third-order valence-electron chi connectivity index (χ3n) is 4.09. The summed E-state index contributed by atoms with van der Waals surface area (Å²) >= 11 is 0. The van der Waals surface area contributed by atoms with E-state index in [0.29, 0.717) is 25.2 Å². The van der Waals surface area contributed by atoms with Gasteiger partial charge in [-0.3, -0.25) is 4.79 Å². The van der Waals surface area contributed by atoms with E-state index in [-0.39, 0.29) is 17.9 Å². The molecule has 0 saturated carbocycles. The van der Waals surface area contributed by atoms with Gasteiger partial charge in [-0.1, -0.05) is 18.2 Å². The minimum absolute atomic E-state index is 0.0429. The van der Waals surface area contributed by atoms with Crippen LogP contribution in [0.1, 0.15) is 30.8 Å². The van der Waals surface area contributed by atoms with E-state index in [9.17, 15) is 9.90 Å². The molecule has 1 aromatic heterocycles. The van der Waals surface area contributed by atoms with Crippen LogP contribution in [-0.2, 0) is 11.2 Å². The molecule has 0 fully saturated rings. The number of carbonyl (C=O) groups excluding carboxylic acids is 1. The van der Waals surface area contributed by atoms with Crippen LogP contribution in [0.3, 0.4) is 0 Å². The number of nitrogens with one attached hydrogen (secondary N) is 1. The number of ether oxygens (including phenoxy) is 1. The zero-order valence-electron chi connectivity index (χ0n) is 13.1. The quantitative estimate of drug-likeness (QED) is 0.889. The van der Waals surface area contributed by atoms with Crippen LogP contribution in [0.5, 0.6) is 5.75 Å². The molecule has 5 heteroatoms. The Kier molecular flexibility index (Phi) is 4.67. The van der Waals surface area contributed by atoms with Crippen LogP contribution in [0, 0.1) is 5.92 Å². The number of para-hydroxylation sites is 1. The molecule has 1 aromatic carbocycles. The summed E-state index contributed by atoms with van der Waals surface area (Å²) < 4.78 is 10.8. The highest BCUT2D eigenvalue weighted by Gasteiger charge is 2.27. The van der Waals surface area contributed by atoms with Gasteiger partial charge in [0.2, 0.25) is 5.91 Å². The topological polar surface area (TPSA) is 71.7 Å². The molecule has 1 amide bonds. The standard InChI is InChI=1S/C18H21NO4/c1-12(9-15(20)17-7-4-8-22-17)19-18(21)14-10-13-5-2-3-6-16(13)23-11-14/h2-8,12,14-15,20H,9-11H2,1H3,(H,19,21). The predicted molar refractivity (Wildman–Crippen MR) is 85.0 cm³/mol. The normalized spacial score (nSPS) is 19.3. The molecule has 2 N–H and O–H groups in total. The maximum Gasteiger partial charge on any atom is 0.227 e. The minimum Gasteiger partial charge on any atom is -0.492 e. The molecule has 0 saturated heterocycles. The smallest absolute Gasteiger partial charge is 0.227 e. The summed E-state index contributed by atoms with van der Waals surface area (Å²) in [5.74, 6) is 1.13. The Labute approximate surface area is 135 Å². The molecule has 1 aliphatic heterocycles. The number of hydrogen-bond acceptors (Lipinski definition) is 4. The van der Waals surface area contributed by atoms with Crippen molar-refractivity contribution in [3.63, 3.8) is 0 Å². The molecule has 0 spiro atoms. The summed E-state index contributed by atoms with van der Waals surface area (Å²) in [6, 6.07) is 11.1. The van der Waals surface area contributed by atoms with Crippen LogP contribution in [0.25, 0.3) is 0 Å². The van der Waals surface area contributed by atoms with E-state index < -0.39 is 6.10 Å². The number of rotatable bonds is 5. The summed E-state index contributed by atoms with van der Waals surface area (Å²) in [5, 5.41) is 13.0. The first-order chi connectivity index (χ1) is 11.1. The number of amides is 1. The SMILES string of the molecule is CC(CC(O)c1ccco1)NC(=O)C1COc2ccccc2C1. The van der Waals surface area contributed by atoms with Crippen LogP contribution in [0.15, 0.2) is 47.1 Å². The number of fused-ring (bicyclic) bond motifs is 1. The molecule has 1 aliphatic rings. The number of benzene rings is 1. The Morgan fingerprint density at radius 1 is 1.35 bits per heavy atom. The average molecular weight is 315 g/mol. The lowest BCUT2D eigenvalue weighted by Gasteiger charge is -2.26. The zero-order valence-corrected chi connectivity index (χ0v) is 13.1. The molecule has 0 bridgehead atoms. The Morgan fingerprint density at radius 3 is 2.96 bits per heavy atom. The molecule has 2 heterocycles. The second-order valence-corrected chi connectivity index (χ2v) is 6.00. The number of aliphatic hydroxyl groups is 1. The Morgan fingerprint density at radius 2 is 2.17 bits per heavy atom. The van der Waals surface area contributed by atoms with E-state index in [2.05, 4.69) is 5.32 Å². The minimum atomic E-state index is -0.719. The number of hydrogen-bond donors (Lipinski definition) is 2. The van der Waals surface area contributed by atoms with Crippen molar-refractivity contribution in [3.05, 3.63) is 54.0 Å². The van der Waals surface area contributed by atoms with Crippen LogP contribution < -0.4 is 10.1 Å². The molecule has 3 atom stereocenters. The van der Waals surface area contributed by atoms with Gasteiger partial charge < -0.3 is 19.6 Å². The molecule has 2 aromatic rings. The summed E-state index contributed by atoms with van der Waals surface area (Å²) in [7, 11) is 0. The lowest BCUT2D eigenvalue weighted by Crippen LogP contribution is -2.42. The Bertz CT molecular complexity index is 653. The van der Waals surface area contributed by atoms with Gasteiger partial charge in [0.25, 0.3) is 0 Å². The molecular formula is C18H21NO4. The van der Waals surface area contributed by atoms with Crippen LogP contribution in [-0.4, -0.2) is 23.7 Å². The van der Waals surface area contributed by atoms with Crippen LogP contribution >= 0.6 is 0 Å². The fraction of sp³-hybridized carbons (Fsp3) is 0.389. The third-order valence-corrected chi connectivity index (χ3v) is 4.09. The highest BCUT2D eigenvalue weighted by Crippen LogP contribution is 2.27. The second kappa shape index (κ2) is 6.87. The highest BCUT2D eigenvalue weighted by molar-refractivity contribution is 5.79. The molecule has 0 aliphatic carbocycles. The Hall–Kier alpha value is -2.27. The molecule has 5 nitrogen and oxygen atoms in total. The summed E-state index contributed by atoms with van der Waals surface area (Å²) in [6.45, 7) is 2.26. The van der Waals surface area contributed by atoms with Gasteiger partial charge in [0.05, 0.1) is 12.2 Å². The molecule has 0 radical (unpaired) electrons. The third kappa shape index (κ3) is 3.74. The van der Waals surface area contributed by atoms with E-state index >= 15 is 0 Å². The molecule has 122 valence electrons. The number of carbonyl (C=O) groups is 1.